The first kappa shape index (κ1) is 16.1. The molecule has 0 fully saturated rings. The van der Waals surface area contributed by atoms with Crippen molar-refractivity contribution in [3.8, 4) is 0 Å². The van der Waals surface area contributed by atoms with E-state index >= 15 is 0 Å². The second-order valence-corrected chi connectivity index (χ2v) is 7.46. The van der Waals surface area contributed by atoms with Gasteiger partial charge in [-0.1, -0.05) is 12.1 Å². The van der Waals surface area contributed by atoms with Gasteiger partial charge in [0.25, 0.3) is 0 Å². The highest BCUT2D eigenvalue weighted by Crippen LogP contribution is 2.12. The lowest BCUT2D eigenvalue weighted by molar-refractivity contribution is 0.402. The second-order valence-electron chi connectivity index (χ2n) is 5.69. The normalized spacial score (nSPS) is 12.9. The molecule has 0 atom stereocenters. The fourth-order valence-electron chi connectivity index (χ4n) is 1.50. The summed E-state index contributed by atoms with van der Waals surface area (Å²) >= 11 is 0. The van der Waals surface area contributed by atoms with Gasteiger partial charge in [-0.2, -0.15) is 0 Å². The van der Waals surface area contributed by atoms with Crippen LogP contribution in [0.1, 0.15) is 19.4 Å². The lowest BCUT2D eigenvalue weighted by atomic mass is 10.1. The highest BCUT2D eigenvalue weighted by Gasteiger charge is 2.18. The molecule has 0 saturated carbocycles. The molecule has 0 bridgehead atoms. The number of hydrogen-bond donors (Lipinski definition) is 2. The predicted octanol–water partition coefficient (Wildman–Crippen LogP) is 0.764. The van der Waals surface area contributed by atoms with Crippen LogP contribution in [-0.2, 0) is 16.6 Å². The minimum absolute atomic E-state index is 0.203. The third-order valence-electron chi connectivity index (χ3n) is 2.45. The van der Waals surface area contributed by atoms with E-state index in [4.69, 9.17) is 5.73 Å². The third-order valence-corrected chi connectivity index (χ3v) is 3.87. The van der Waals surface area contributed by atoms with E-state index in [2.05, 4.69) is 4.72 Å². The van der Waals surface area contributed by atoms with Crippen LogP contribution in [0, 0.1) is 0 Å². The van der Waals surface area contributed by atoms with Gasteiger partial charge in [-0.05, 0) is 45.6 Å². The monoisotopic (exact) mass is 285 g/mol. The number of sulfonamides is 1. The molecule has 0 aliphatic rings. The average molecular weight is 285 g/mol. The van der Waals surface area contributed by atoms with Gasteiger partial charge in [0.2, 0.25) is 10.0 Å². The van der Waals surface area contributed by atoms with Crippen LogP contribution in [0.25, 0.3) is 0 Å². The zero-order chi connectivity index (χ0) is 14.7. The van der Waals surface area contributed by atoms with Crippen molar-refractivity contribution in [2.24, 2.45) is 5.73 Å². The Morgan fingerprint density at radius 1 is 1.21 bits per heavy atom. The molecule has 1 aromatic rings. The molecule has 3 N–H and O–H groups in total. The van der Waals surface area contributed by atoms with Crippen molar-refractivity contribution >= 4 is 10.0 Å². The Kier molecular flexibility index (Phi) is 5.09. The molecule has 0 aliphatic heterocycles. The molecule has 0 saturated heterocycles. The summed E-state index contributed by atoms with van der Waals surface area (Å²) in [5.41, 5.74) is 6.27. The molecule has 0 heterocycles. The van der Waals surface area contributed by atoms with Gasteiger partial charge in [0.15, 0.2) is 0 Å². The minimum atomic E-state index is -3.48. The largest absolute Gasteiger partial charge is 0.324 e. The highest BCUT2D eigenvalue weighted by atomic mass is 32.2. The number of benzene rings is 1. The van der Waals surface area contributed by atoms with Crippen molar-refractivity contribution in [2.75, 3.05) is 20.6 Å². The molecule has 0 unspecified atom stereocenters. The van der Waals surface area contributed by atoms with Crippen molar-refractivity contribution in [2.45, 2.75) is 30.8 Å². The van der Waals surface area contributed by atoms with Gasteiger partial charge >= 0.3 is 0 Å². The Hall–Kier alpha value is -0.950. The fourth-order valence-corrected chi connectivity index (χ4v) is 2.73. The van der Waals surface area contributed by atoms with Crippen LogP contribution in [-0.4, -0.2) is 39.5 Å². The Bertz CT molecular complexity index is 502. The lowest BCUT2D eigenvalue weighted by Gasteiger charge is -2.19. The van der Waals surface area contributed by atoms with Gasteiger partial charge in [0.05, 0.1) is 4.90 Å². The van der Waals surface area contributed by atoms with E-state index in [0.29, 0.717) is 0 Å². The molecule has 1 rings (SSSR count). The van der Waals surface area contributed by atoms with E-state index in [1.54, 1.807) is 26.0 Å². The Morgan fingerprint density at radius 3 is 2.16 bits per heavy atom. The first-order valence-corrected chi connectivity index (χ1v) is 7.61. The summed E-state index contributed by atoms with van der Waals surface area (Å²) in [5.74, 6) is 0. The molecule has 0 amide bonds. The highest BCUT2D eigenvalue weighted by molar-refractivity contribution is 7.89. The van der Waals surface area contributed by atoms with Crippen LogP contribution in [0.4, 0.5) is 0 Å². The maximum Gasteiger partial charge on any atom is 0.240 e. The van der Waals surface area contributed by atoms with Gasteiger partial charge in [-0.15, -0.1) is 0 Å². The summed E-state index contributed by atoms with van der Waals surface area (Å²) in [7, 11) is 0.453. The van der Waals surface area contributed by atoms with E-state index < -0.39 is 15.6 Å². The van der Waals surface area contributed by atoms with Gasteiger partial charge in [0.1, 0.15) is 0 Å². The van der Waals surface area contributed by atoms with Gasteiger partial charge in [-0.3, -0.25) is 0 Å². The maximum absolute atomic E-state index is 12.0. The number of nitrogens with one attached hydrogen (secondary N) is 1. The van der Waals surface area contributed by atoms with Crippen LogP contribution < -0.4 is 10.5 Å². The molecule has 6 heteroatoms. The van der Waals surface area contributed by atoms with Crippen LogP contribution in [0.5, 0.6) is 0 Å². The molecule has 5 nitrogen and oxygen atoms in total. The number of rotatable bonds is 6. The molecule has 0 aromatic heterocycles. The molecule has 108 valence electrons. The molecular formula is C13H23N3O2S. The van der Waals surface area contributed by atoms with Crippen LogP contribution in [0.3, 0.4) is 0 Å². The van der Waals surface area contributed by atoms with Crippen molar-refractivity contribution in [3.63, 3.8) is 0 Å². The Labute approximate surface area is 115 Å². The molecule has 0 radical (unpaired) electrons. The maximum atomic E-state index is 12.0. The van der Waals surface area contributed by atoms with Crippen LogP contribution in [0.2, 0.25) is 0 Å². The topological polar surface area (TPSA) is 75.4 Å². The smallest absolute Gasteiger partial charge is 0.240 e. The lowest BCUT2D eigenvalue weighted by Crippen LogP contribution is -2.45. The Balaban J connectivity index is 2.79. The van der Waals surface area contributed by atoms with E-state index in [9.17, 15) is 8.42 Å². The van der Waals surface area contributed by atoms with Crippen molar-refractivity contribution in [1.29, 1.82) is 0 Å². The standard InChI is InChI=1S/C13H23N3O2S/c1-13(2,14)10-15-19(17,18)12-7-5-11(6-8-12)9-16(3)4/h5-8,15H,9-10,14H2,1-4H3. The fraction of sp³-hybridized carbons (Fsp3) is 0.538. The van der Waals surface area contributed by atoms with E-state index in [1.165, 1.54) is 0 Å². The molecular weight excluding hydrogens is 262 g/mol. The number of hydrogen-bond acceptors (Lipinski definition) is 4. The zero-order valence-electron chi connectivity index (χ0n) is 12.0. The van der Waals surface area contributed by atoms with Gasteiger partial charge < -0.3 is 10.6 Å². The molecule has 0 spiro atoms. The minimum Gasteiger partial charge on any atom is -0.324 e. The summed E-state index contributed by atoms with van der Waals surface area (Å²) in [6.45, 7) is 4.53. The van der Waals surface area contributed by atoms with E-state index in [-0.39, 0.29) is 11.4 Å². The first-order valence-electron chi connectivity index (χ1n) is 6.12. The zero-order valence-corrected chi connectivity index (χ0v) is 12.8. The summed E-state index contributed by atoms with van der Waals surface area (Å²) in [5, 5.41) is 0. The molecule has 0 aliphatic carbocycles. The summed E-state index contributed by atoms with van der Waals surface area (Å²) in [6, 6.07) is 6.87. The third kappa shape index (κ3) is 5.69. The molecule has 1 aromatic carbocycles. The van der Waals surface area contributed by atoms with E-state index in [1.807, 2.05) is 31.1 Å². The summed E-state index contributed by atoms with van der Waals surface area (Å²) < 4.78 is 26.6. The van der Waals surface area contributed by atoms with E-state index in [0.717, 1.165) is 12.1 Å². The van der Waals surface area contributed by atoms with Crippen molar-refractivity contribution in [3.05, 3.63) is 29.8 Å². The van der Waals surface area contributed by atoms with Gasteiger partial charge in [0, 0.05) is 18.6 Å². The first-order chi connectivity index (χ1) is 8.60. The number of nitrogens with zero attached hydrogens (tertiary/aromatic N) is 1. The van der Waals surface area contributed by atoms with Crippen LogP contribution >= 0.6 is 0 Å². The SMILES string of the molecule is CN(C)Cc1ccc(S(=O)(=O)NCC(C)(C)N)cc1. The van der Waals surface area contributed by atoms with Crippen LogP contribution in [0.15, 0.2) is 29.2 Å². The average Bonchev–Trinajstić information content (AvgIpc) is 2.26. The quantitative estimate of drug-likeness (QED) is 0.809. The molecule has 19 heavy (non-hydrogen) atoms. The van der Waals surface area contributed by atoms with Crippen molar-refractivity contribution in [1.82, 2.24) is 9.62 Å². The summed E-state index contributed by atoms with van der Waals surface area (Å²) in [6.07, 6.45) is 0. The Morgan fingerprint density at radius 2 is 1.74 bits per heavy atom. The predicted molar refractivity (Wildman–Crippen MR) is 77.3 cm³/mol. The second kappa shape index (κ2) is 6.00. The van der Waals surface area contributed by atoms with Gasteiger partial charge in [-0.25, -0.2) is 13.1 Å². The van der Waals surface area contributed by atoms with Crippen molar-refractivity contribution < 1.29 is 8.42 Å². The summed E-state index contributed by atoms with van der Waals surface area (Å²) in [4.78, 5) is 2.29. The number of nitrogens with two attached hydrogens (primary N) is 1.